The average molecular weight is 455 g/mol. The quantitative estimate of drug-likeness (QED) is 0.319. The number of fused-ring (bicyclic) bond motifs is 4. The van der Waals surface area contributed by atoms with Crippen LogP contribution in [0.3, 0.4) is 0 Å². The van der Waals surface area contributed by atoms with Gasteiger partial charge in [0.2, 0.25) is 0 Å². The second kappa shape index (κ2) is 8.18. The number of rotatable bonds is 4. The molecule has 1 fully saturated rings. The van der Waals surface area contributed by atoms with E-state index >= 15 is 0 Å². The molecule has 5 heteroatoms. The van der Waals surface area contributed by atoms with E-state index in [4.69, 9.17) is 4.74 Å². The van der Waals surface area contributed by atoms with E-state index in [2.05, 4.69) is 33.8 Å². The van der Waals surface area contributed by atoms with Gasteiger partial charge in [-0.1, -0.05) is 46.3 Å². The summed E-state index contributed by atoms with van der Waals surface area (Å²) in [5, 5.41) is 22.0. The van der Waals surface area contributed by atoms with Crippen LogP contribution in [0.1, 0.15) is 99.9 Å². The lowest BCUT2D eigenvalue weighted by atomic mass is 9.69. The summed E-state index contributed by atoms with van der Waals surface area (Å²) < 4.78 is 6.60. The zero-order valence-corrected chi connectivity index (χ0v) is 20.8. The van der Waals surface area contributed by atoms with E-state index in [0.29, 0.717) is 30.1 Å². The molecule has 0 bridgehead atoms. The fourth-order valence-electron chi connectivity index (χ4n) is 6.50. The molecule has 0 amide bonds. The van der Waals surface area contributed by atoms with E-state index in [9.17, 15) is 19.8 Å². The number of ether oxygens (including phenoxy) is 1. The predicted molar refractivity (Wildman–Crippen MR) is 128 cm³/mol. The summed E-state index contributed by atoms with van der Waals surface area (Å²) in [4.78, 5) is 25.0. The summed E-state index contributed by atoms with van der Waals surface area (Å²) in [5.41, 5.74) is 1.62. The van der Waals surface area contributed by atoms with E-state index in [-0.39, 0.29) is 57.7 Å². The number of Topliss-reactive ketones (excluding diaryl/α,β-unsaturated/α-hetero) is 1. The Bertz CT molecular complexity index is 1020. The highest BCUT2D eigenvalue weighted by Gasteiger charge is 2.65. The van der Waals surface area contributed by atoms with E-state index in [1.54, 1.807) is 0 Å². The Balaban J connectivity index is 1.85. The van der Waals surface area contributed by atoms with Gasteiger partial charge < -0.3 is 14.9 Å². The number of benzene rings is 1. The van der Waals surface area contributed by atoms with Crippen LogP contribution in [-0.4, -0.2) is 28.4 Å². The molecule has 2 aliphatic carbocycles. The number of phenolic OH excluding ortho intramolecular Hbond substituents is 2. The van der Waals surface area contributed by atoms with Crippen molar-refractivity contribution in [2.75, 3.05) is 0 Å². The van der Waals surface area contributed by atoms with Crippen molar-refractivity contribution in [3.8, 4) is 17.2 Å². The summed E-state index contributed by atoms with van der Waals surface area (Å²) in [7, 11) is 0. The first kappa shape index (κ1) is 23.8. The highest BCUT2D eigenvalue weighted by atomic mass is 16.5. The number of ketones is 1. The Morgan fingerprint density at radius 3 is 2.58 bits per heavy atom. The SMILES string of the molecule is C/C1=C\CC[C@]2(C)Cc3c(O)c(C(=O)CC(C)C)c(O)c(C=O)c3OC2C2C(CC1)C2(C)C. The van der Waals surface area contributed by atoms with Gasteiger partial charge in [-0.25, -0.2) is 0 Å². The Morgan fingerprint density at radius 2 is 1.94 bits per heavy atom. The molecule has 4 rings (SSSR count). The topological polar surface area (TPSA) is 83.8 Å². The van der Waals surface area contributed by atoms with Crippen molar-refractivity contribution in [3.63, 3.8) is 0 Å². The van der Waals surface area contributed by atoms with Crippen LogP contribution in [0.5, 0.6) is 17.2 Å². The number of hydrogen-bond donors (Lipinski definition) is 2. The molecule has 3 unspecified atom stereocenters. The molecule has 1 heterocycles. The minimum atomic E-state index is -0.458. The van der Waals surface area contributed by atoms with Crippen molar-refractivity contribution in [2.45, 2.75) is 86.2 Å². The first-order valence-corrected chi connectivity index (χ1v) is 12.3. The van der Waals surface area contributed by atoms with Crippen LogP contribution in [0.15, 0.2) is 11.6 Å². The van der Waals surface area contributed by atoms with E-state index in [1.807, 2.05) is 13.8 Å². The van der Waals surface area contributed by atoms with E-state index in [0.717, 1.165) is 25.7 Å². The zero-order valence-electron chi connectivity index (χ0n) is 20.8. The molecular weight excluding hydrogens is 416 g/mol. The zero-order chi connectivity index (χ0) is 24.3. The van der Waals surface area contributed by atoms with Crippen molar-refractivity contribution in [1.29, 1.82) is 0 Å². The van der Waals surface area contributed by atoms with Crippen molar-refractivity contribution >= 4 is 12.1 Å². The number of phenols is 2. The van der Waals surface area contributed by atoms with Gasteiger partial charge in [0.25, 0.3) is 0 Å². The van der Waals surface area contributed by atoms with Gasteiger partial charge in [-0.15, -0.1) is 0 Å². The summed E-state index contributed by atoms with van der Waals surface area (Å²) in [6, 6.07) is 0. The van der Waals surface area contributed by atoms with Crippen LogP contribution in [-0.2, 0) is 6.42 Å². The van der Waals surface area contributed by atoms with Crippen molar-refractivity contribution < 1.29 is 24.5 Å². The van der Waals surface area contributed by atoms with Gasteiger partial charge in [0.05, 0.1) is 5.56 Å². The van der Waals surface area contributed by atoms with Gasteiger partial charge in [0.1, 0.15) is 28.9 Å². The number of aromatic hydroxyl groups is 2. The number of hydrogen-bond acceptors (Lipinski definition) is 5. The molecule has 2 N–H and O–H groups in total. The van der Waals surface area contributed by atoms with Gasteiger partial charge >= 0.3 is 0 Å². The molecule has 0 spiro atoms. The molecule has 5 nitrogen and oxygen atoms in total. The molecule has 1 aromatic carbocycles. The van der Waals surface area contributed by atoms with E-state index in [1.165, 1.54) is 5.57 Å². The third-order valence-electron chi connectivity index (χ3n) is 8.56. The summed E-state index contributed by atoms with van der Waals surface area (Å²) >= 11 is 0. The first-order chi connectivity index (χ1) is 15.4. The Hall–Kier alpha value is -2.30. The molecule has 4 atom stereocenters. The second-order valence-electron chi connectivity index (χ2n) is 11.9. The summed E-state index contributed by atoms with van der Waals surface area (Å²) in [5.74, 6) is 0.146. The van der Waals surface area contributed by atoms with Crippen LogP contribution in [0.25, 0.3) is 0 Å². The lowest BCUT2D eigenvalue weighted by molar-refractivity contribution is 0.00493. The third-order valence-corrected chi connectivity index (χ3v) is 8.56. The smallest absolute Gasteiger partial charge is 0.170 e. The monoisotopic (exact) mass is 454 g/mol. The van der Waals surface area contributed by atoms with Gasteiger partial charge in [-0.2, -0.15) is 0 Å². The standard InChI is InChI=1S/C28H38O5/c1-15(2)12-20(30)21-23(31)17-13-28(6)11-7-8-16(3)9-10-19-22(27(19,4)5)26(28)33-25(17)18(14-29)24(21)32/h8,14-15,19,22,26,31-32H,7,9-13H2,1-6H3/b16-8+/t19?,22?,26?,28-/m1/s1. The average Bonchev–Trinajstić information content (AvgIpc) is 3.26. The van der Waals surface area contributed by atoms with Gasteiger partial charge in [-0.05, 0) is 56.3 Å². The fraction of sp³-hybridized carbons (Fsp3) is 0.643. The van der Waals surface area contributed by atoms with Crippen LogP contribution in [0.2, 0.25) is 0 Å². The Morgan fingerprint density at radius 1 is 1.24 bits per heavy atom. The van der Waals surface area contributed by atoms with E-state index < -0.39 is 5.75 Å². The van der Waals surface area contributed by atoms with Crippen molar-refractivity contribution in [3.05, 3.63) is 28.3 Å². The lowest BCUT2D eigenvalue weighted by Crippen LogP contribution is -2.45. The molecular formula is C28H38O5. The molecule has 0 aromatic heterocycles. The Kier molecular flexibility index (Phi) is 5.91. The number of carbonyl (C=O) groups is 2. The molecule has 180 valence electrons. The maximum Gasteiger partial charge on any atom is 0.170 e. The highest BCUT2D eigenvalue weighted by molar-refractivity contribution is 6.05. The number of carbonyl (C=O) groups excluding carboxylic acids is 2. The third kappa shape index (κ3) is 3.87. The molecule has 33 heavy (non-hydrogen) atoms. The minimum Gasteiger partial charge on any atom is -0.507 e. The number of allylic oxidation sites excluding steroid dienone is 2. The first-order valence-electron chi connectivity index (χ1n) is 12.3. The maximum absolute atomic E-state index is 12.9. The highest BCUT2D eigenvalue weighted by Crippen LogP contribution is 2.67. The molecule has 1 saturated carbocycles. The molecule has 0 radical (unpaired) electrons. The van der Waals surface area contributed by atoms with Gasteiger partial charge in [0, 0.05) is 23.3 Å². The lowest BCUT2D eigenvalue weighted by Gasteiger charge is -2.44. The normalized spacial score (nSPS) is 31.8. The van der Waals surface area contributed by atoms with Gasteiger partial charge in [0.15, 0.2) is 12.1 Å². The molecule has 1 aliphatic heterocycles. The van der Waals surface area contributed by atoms with Crippen LogP contribution in [0, 0.1) is 28.6 Å². The number of aldehydes is 1. The largest absolute Gasteiger partial charge is 0.507 e. The van der Waals surface area contributed by atoms with Crippen LogP contribution < -0.4 is 4.74 Å². The van der Waals surface area contributed by atoms with Crippen LogP contribution >= 0.6 is 0 Å². The summed E-state index contributed by atoms with van der Waals surface area (Å²) in [6.07, 6.45) is 7.47. The van der Waals surface area contributed by atoms with Gasteiger partial charge in [-0.3, -0.25) is 9.59 Å². The summed E-state index contributed by atoms with van der Waals surface area (Å²) in [6.45, 7) is 12.8. The molecule has 1 aromatic rings. The molecule has 0 saturated heterocycles. The van der Waals surface area contributed by atoms with Crippen molar-refractivity contribution in [2.24, 2.45) is 28.6 Å². The predicted octanol–water partition coefficient (Wildman–Crippen LogP) is 6.24. The fourth-order valence-corrected chi connectivity index (χ4v) is 6.50. The second-order valence-corrected chi connectivity index (χ2v) is 11.9. The van der Waals surface area contributed by atoms with Crippen molar-refractivity contribution in [1.82, 2.24) is 0 Å². The maximum atomic E-state index is 12.9. The minimum absolute atomic E-state index is 0.0141. The van der Waals surface area contributed by atoms with Crippen LogP contribution in [0.4, 0.5) is 0 Å². The Labute approximate surface area is 197 Å². The molecule has 3 aliphatic rings.